The molecule has 1 saturated heterocycles. The third-order valence-electron chi connectivity index (χ3n) is 4.40. The fraction of sp³-hybridized carbons (Fsp3) is 0.588. The molecule has 3 rings (SSSR count). The molecule has 1 aliphatic rings. The first-order chi connectivity index (χ1) is 11.2. The molecule has 6 nitrogen and oxygen atoms in total. The Bertz CT molecular complexity index is 673. The van der Waals surface area contributed by atoms with Gasteiger partial charge >= 0.3 is 0 Å². The summed E-state index contributed by atoms with van der Waals surface area (Å²) in [7, 11) is 1.86. The average molecular weight is 442 g/mol. The van der Waals surface area contributed by atoms with E-state index in [4.69, 9.17) is 0 Å². The molecule has 0 amide bonds. The first-order valence-electron chi connectivity index (χ1n) is 8.41. The van der Waals surface area contributed by atoms with Crippen LogP contribution in [0.4, 0.5) is 0 Å². The van der Waals surface area contributed by atoms with Crippen molar-refractivity contribution < 1.29 is 0 Å². The van der Waals surface area contributed by atoms with E-state index in [0.29, 0.717) is 0 Å². The first-order valence-corrected chi connectivity index (χ1v) is 8.41. The van der Waals surface area contributed by atoms with Gasteiger partial charge in [-0.1, -0.05) is 19.9 Å². The van der Waals surface area contributed by atoms with Gasteiger partial charge in [0.15, 0.2) is 11.6 Å². The van der Waals surface area contributed by atoms with Crippen LogP contribution in [0, 0.1) is 11.8 Å². The van der Waals surface area contributed by atoms with E-state index in [2.05, 4.69) is 39.3 Å². The van der Waals surface area contributed by atoms with Gasteiger partial charge in [0.1, 0.15) is 5.82 Å². The summed E-state index contributed by atoms with van der Waals surface area (Å²) in [5, 5.41) is 11.9. The van der Waals surface area contributed by atoms with E-state index in [1.807, 2.05) is 35.8 Å². The summed E-state index contributed by atoms with van der Waals surface area (Å²) in [5.74, 6) is 3.41. The molecule has 24 heavy (non-hydrogen) atoms. The number of aromatic nitrogens is 3. The Kier molecular flexibility index (Phi) is 6.82. The highest BCUT2D eigenvalue weighted by Gasteiger charge is 2.23. The normalized spacial score (nSPS) is 21.6. The smallest absolute Gasteiger partial charge is 0.193 e. The molecule has 2 aromatic rings. The average Bonchev–Trinajstić information content (AvgIpc) is 2.94. The van der Waals surface area contributed by atoms with Gasteiger partial charge in [-0.2, -0.15) is 0 Å². The minimum absolute atomic E-state index is 0. The number of hydrogen-bond acceptors (Lipinski definition) is 3. The van der Waals surface area contributed by atoms with Crippen LogP contribution in [0.1, 0.15) is 26.1 Å². The Balaban J connectivity index is 0.00000208. The van der Waals surface area contributed by atoms with E-state index < -0.39 is 0 Å². The Morgan fingerprint density at radius 1 is 1.25 bits per heavy atom. The second-order valence-corrected chi connectivity index (χ2v) is 6.62. The van der Waals surface area contributed by atoms with E-state index in [1.165, 1.54) is 6.42 Å². The number of nitrogens with zero attached hydrogens (tertiary/aromatic N) is 5. The molecule has 0 bridgehead atoms. The topological polar surface area (TPSA) is 57.8 Å². The maximum Gasteiger partial charge on any atom is 0.193 e. The van der Waals surface area contributed by atoms with Gasteiger partial charge in [0.25, 0.3) is 0 Å². The molecule has 7 heteroatoms. The lowest BCUT2D eigenvalue weighted by molar-refractivity contribution is 0.208. The van der Waals surface area contributed by atoms with Crippen LogP contribution in [-0.4, -0.2) is 52.1 Å². The van der Waals surface area contributed by atoms with Gasteiger partial charge < -0.3 is 10.2 Å². The number of pyridine rings is 1. The molecule has 2 unspecified atom stereocenters. The lowest BCUT2D eigenvalue weighted by Gasteiger charge is -2.37. The molecule has 1 N–H and O–H groups in total. The summed E-state index contributed by atoms with van der Waals surface area (Å²) in [4.78, 5) is 6.83. The number of fused-ring (bicyclic) bond motifs is 1. The first kappa shape index (κ1) is 19.0. The number of likely N-dealkylation sites (tertiary alicyclic amines) is 1. The molecule has 2 aromatic heterocycles. The highest BCUT2D eigenvalue weighted by atomic mass is 127. The molecule has 0 aliphatic carbocycles. The molecule has 132 valence electrons. The quantitative estimate of drug-likeness (QED) is 0.451. The number of rotatable bonds is 3. The summed E-state index contributed by atoms with van der Waals surface area (Å²) in [6.07, 6.45) is 4.13. The third-order valence-corrected chi connectivity index (χ3v) is 4.40. The van der Waals surface area contributed by atoms with Gasteiger partial charge in [-0.3, -0.25) is 9.39 Å². The molecule has 2 atom stereocenters. The number of aliphatic imine (C=N–C) groups is 1. The van der Waals surface area contributed by atoms with Crippen LogP contribution in [0.15, 0.2) is 29.4 Å². The van der Waals surface area contributed by atoms with E-state index in [1.54, 1.807) is 0 Å². The monoisotopic (exact) mass is 442 g/mol. The minimum atomic E-state index is 0. The van der Waals surface area contributed by atoms with E-state index in [9.17, 15) is 0 Å². The van der Waals surface area contributed by atoms with E-state index in [-0.39, 0.29) is 24.0 Å². The summed E-state index contributed by atoms with van der Waals surface area (Å²) in [6.45, 7) is 7.61. The second-order valence-electron chi connectivity index (χ2n) is 6.62. The largest absolute Gasteiger partial charge is 0.356 e. The van der Waals surface area contributed by atoms with Gasteiger partial charge in [0, 0.05) is 39.3 Å². The predicted molar refractivity (Wildman–Crippen MR) is 108 cm³/mol. The standard InChI is InChI=1S/C17H26N6.HI/c1-13-10-14(2)12-22(11-13)17(18-3)19-8-7-16-21-20-15-6-4-5-9-23(15)16;/h4-6,9,13-14H,7-8,10-12H2,1-3H3,(H,18,19);1H. The summed E-state index contributed by atoms with van der Waals surface area (Å²) >= 11 is 0. The predicted octanol–water partition coefficient (Wildman–Crippen LogP) is 2.44. The van der Waals surface area contributed by atoms with Crippen molar-refractivity contribution in [1.29, 1.82) is 0 Å². The molecule has 0 spiro atoms. The maximum absolute atomic E-state index is 4.45. The van der Waals surface area contributed by atoms with Crippen LogP contribution in [-0.2, 0) is 6.42 Å². The van der Waals surface area contributed by atoms with Crippen molar-refractivity contribution in [2.24, 2.45) is 16.8 Å². The van der Waals surface area contributed by atoms with Crippen LogP contribution in [0.25, 0.3) is 5.65 Å². The zero-order valence-electron chi connectivity index (χ0n) is 14.6. The second kappa shape index (κ2) is 8.64. The Labute approximate surface area is 160 Å². The van der Waals surface area contributed by atoms with Gasteiger partial charge in [-0.25, -0.2) is 0 Å². The van der Waals surface area contributed by atoms with Gasteiger partial charge in [-0.15, -0.1) is 34.2 Å². The third kappa shape index (κ3) is 4.37. The van der Waals surface area contributed by atoms with Crippen LogP contribution >= 0.6 is 24.0 Å². The lowest BCUT2D eigenvalue weighted by atomic mass is 9.92. The molecule has 0 radical (unpaired) electrons. The number of halogens is 1. The molecule has 0 aromatic carbocycles. The van der Waals surface area contributed by atoms with Gasteiger partial charge in [-0.05, 0) is 30.4 Å². The van der Waals surface area contributed by atoms with Gasteiger partial charge in [0.05, 0.1) is 0 Å². The molecule has 1 fully saturated rings. The summed E-state index contributed by atoms with van der Waals surface area (Å²) < 4.78 is 2.04. The molecule has 0 saturated carbocycles. The maximum atomic E-state index is 4.45. The molecular weight excluding hydrogens is 415 g/mol. The SMILES string of the molecule is CN=C(NCCc1nnc2ccccn12)N1CC(C)CC(C)C1.I. The number of hydrogen-bond donors (Lipinski definition) is 1. The highest BCUT2D eigenvalue weighted by molar-refractivity contribution is 14.0. The van der Waals surface area contributed by atoms with Crippen molar-refractivity contribution in [1.82, 2.24) is 24.8 Å². The zero-order valence-corrected chi connectivity index (χ0v) is 17.0. The minimum Gasteiger partial charge on any atom is -0.356 e. The molecular formula is C17H27IN6. The Hall–Kier alpha value is -1.38. The van der Waals surface area contributed by atoms with Crippen molar-refractivity contribution in [3.05, 3.63) is 30.2 Å². The van der Waals surface area contributed by atoms with Crippen molar-refractivity contribution in [2.45, 2.75) is 26.7 Å². The van der Waals surface area contributed by atoms with E-state index in [0.717, 1.165) is 55.3 Å². The lowest BCUT2D eigenvalue weighted by Crippen LogP contribution is -2.48. The fourth-order valence-corrected chi connectivity index (χ4v) is 3.52. The highest BCUT2D eigenvalue weighted by Crippen LogP contribution is 2.20. The zero-order chi connectivity index (χ0) is 16.2. The number of piperidine rings is 1. The molecule has 3 heterocycles. The van der Waals surface area contributed by atoms with Gasteiger partial charge in [0.2, 0.25) is 0 Å². The van der Waals surface area contributed by atoms with Crippen molar-refractivity contribution in [3.63, 3.8) is 0 Å². The van der Waals surface area contributed by atoms with Crippen LogP contribution in [0.5, 0.6) is 0 Å². The Morgan fingerprint density at radius 2 is 2.00 bits per heavy atom. The number of nitrogens with one attached hydrogen (secondary N) is 1. The van der Waals surface area contributed by atoms with Crippen molar-refractivity contribution >= 4 is 35.6 Å². The Morgan fingerprint density at radius 3 is 2.71 bits per heavy atom. The van der Waals surface area contributed by atoms with E-state index >= 15 is 0 Å². The van der Waals surface area contributed by atoms with Crippen molar-refractivity contribution in [3.8, 4) is 0 Å². The van der Waals surface area contributed by atoms with Crippen LogP contribution in [0.3, 0.4) is 0 Å². The number of guanidine groups is 1. The van der Waals surface area contributed by atoms with Crippen molar-refractivity contribution in [2.75, 3.05) is 26.7 Å². The fourth-order valence-electron chi connectivity index (χ4n) is 3.52. The van der Waals surface area contributed by atoms with Crippen LogP contribution in [0.2, 0.25) is 0 Å². The summed E-state index contributed by atoms with van der Waals surface area (Å²) in [5.41, 5.74) is 0.894. The van der Waals surface area contributed by atoms with Crippen LogP contribution < -0.4 is 5.32 Å². The summed E-state index contributed by atoms with van der Waals surface area (Å²) in [6, 6.07) is 5.95. The molecule has 1 aliphatic heterocycles.